The lowest BCUT2D eigenvalue weighted by atomic mass is 10.0. The lowest BCUT2D eigenvalue weighted by Crippen LogP contribution is -2.46. The molecule has 1 fully saturated rings. The first-order valence-corrected chi connectivity index (χ1v) is 7.21. The topological polar surface area (TPSA) is 61.5 Å². The average Bonchev–Trinajstić information content (AvgIpc) is 2.65. The Kier molecular flexibility index (Phi) is 5.76. The van der Waals surface area contributed by atoms with E-state index >= 15 is 0 Å². The van der Waals surface area contributed by atoms with Crippen molar-refractivity contribution in [3.05, 3.63) is 0 Å². The summed E-state index contributed by atoms with van der Waals surface area (Å²) in [7, 11) is 0. The van der Waals surface area contributed by atoms with Crippen molar-refractivity contribution >= 4 is 17.7 Å². The fourth-order valence-electron chi connectivity index (χ4n) is 1.75. The van der Waals surface area contributed by atoms with E-state index in [2.05, 4.69) is 6.92 Å². The molecule has 2 N–H and O–H groups in total. The fraction of sp³-hybridized carbons (Fsp3) is 0.917. The molecule has 0 spiro atoms. The number of nitrogens with two attached hydrogens (primary N) is 1. The maximum absolute atomic E-state index is 11.6. The van der Waals surface area contributed by atoms with Gasteiger partial charge in [-0.25, -0.2) is 0 Å². The van der Waals surface area contributed by atoms with Gasteiger partial charge in [0.25, 0.3) is 0 Å². The van der Waals surface area contributed by atoms with Crippen LogP contribution in [0.2, 0.25) is 0 Å². The zero-order chi connectivity index (χ0) is 12.9. The van der Waals surface area contributed by atoms with Crippen molar-refractivity contribution < 1.29 is 14.3 Å². The Morgan fingerprint density at radius 1 is 1.65 bits per heavy atom. The number of carbonyl (C=O) groups excluding carboxylic acids is 1. The lowest BCUT2D eigenvalue weighted by molar-refractivity contribution is -0.149. The smallest absolute Gasteiger partial charge is 0.325 e. The molecule has 0 saturated carbocycles. The van der Waals surface area contributed by atoms with E-state index < -0.39 is 5.54 Å². The Balaban J connectivity index is 2.27. The normalized spacial score (nSPS) is 27.8. The van der Waals surface area contributed by atoms with Gasteiger partial charge in [-0.05, 0) is 39.4 Å². The van der Waals surface area contributed by atoms with Gasteiger partial charge in [-0.2, -0.15) is 11.8 Å². The van der Waals surface area contributed by atoms with Crippen LogP contribution in [0.5, 0.6) is 0 Å². The van der Waals surface area contributed by atoms with E-state index in [1.807, 2.05) is 11.8 Å². The molecule has 1 aliphatic heterocycles. The number of hydrogen-bond donors (Lipinski definition) is 1. The fourth-order valence-corrected chi connectivity index (χ4v) is 3.21. The molecule has 3 atom stereocenters. The van der Waals surface area contributed by atoms with Gasteiger partial charge in [0.1, 0.15) is 5.54 Å². The maximum atomic E-state index is 11.6. The number of thioether (sulfide) groups is 1. The van der Waals surface area contributed by atoms with Crippen molar-refractivity contribution in [2.75, 3.05) is 19.0 Å². The molecule has 0 aromatic heterocycles. The van der Waals surface area contributed by atoms with E-state index in [1.54, 1.807) is 13.8 Å². The predicted molar refractivity (Wildman–Crippen MR) is 70.1 cm³/mol. The van der Waals surface area contributed by atoms with Crippen LogP contribution in [-0.2, 0) is 14.3 Å². The van der Waals surface area contributed by atoms with E-state index in [1.165, 1.54) is 0 Å². The zero-order valence-electron chi connectivity index (χ0n) is 10.9. The number of ether oxygens (including phenoxy) is 2. The summed E-state index contributed by atoms with van der Waals surface area (Å²) in [5.74, 6) is 0.556. The van der Waals surface area contributed by atoms with Gasteiger partial charge in [0.2, 0.25) is 0 Å². The van der Waals surface area contributed by atoms with Crippen molar-refractivity contribution in [2.45, 2.75) is 50.5 Å². The predicted octanol–water partition coefficient (Wildman–Crippen LogP) is 1.57. The molecule has 0 bridgehead atoms. The molecule has 100 valence electrons. The zero-order valence-corrected chi connectivity index (χ0v) is 11.7. The number of rotatable bonds is 6. The van der Waals surface area contributed by atoms with Crippen LogP contribution in [-0.4, -0.2) is 41.8 Å². The van der Waals surface area contributed by atoms with E-state index in [0.29, 0.717) is 24.4 Å². The second kappa shape index (κ2) is 6.61. The van der Waals surface area contributed by atoms with Crippen LogP contribution in [0.15, 0.2) is 0 Å². The summed E-state index contributed by atoms with van der Waals surface area (Å²) < 4.78 is 10.4. The van der Waals surface area contributed by atoms with Gasteiger partial charge in [-0.3, -0.25) is 4.79 Å². The highest BCUT2D eigenvalue weighted by Gasteiger charge is 2.31. The van der Waals surface area contributed by atoms with Crippen LogP contribution in [0.4, 0.5) is 0 Å². The highest BCUT2D eigenvalue weighted by Crippen LogP contribution is 2.27. The molecule has 17 heavy (non-hydrogen) atoms. The molecule has 1 rings (SSSR count). The molecule has 0 amide bonds. The first-order valence-electron chi connectivity index (χ1n) is 6.16. The van der Waals surface area contributed by atoms with Gasteiger partial charge >= 0.3 is 5.97 Å². The Morgan fingerprint density at radius 2 is 2.35 bits per heavy atom. The van der Waals surface area contributed by atoms with Crippen LogP contribution >= 0.6 is 11.8 Å². The summed E-state index contributed by atoms with van der Waals surface area (Å²) in [5.41, 5.74) is 5.08. The number of hydrogen-bond acceptors (Lipinski definition) is 5. The van der Waals surface area contributed by atoms with Gasteiger partial charge in [0, 0.05) is 11.9 Å². The molecule has 1 heterocycles. The maximum Gasteiger partial charge on any atom is 0.325 e. The number of carbonyl (C=O) groups is 1. The quantitative estimate of drug-likeness (QED) is 0.735. The molecule has 3 unspecified atom stereocenters. The third-order valence-corrected chi connectivity index (χ3v) is 4.49. The van der Waals surface area contributed by atoms with E-state index in [9.17, 15) is 4.79 Å². The SMILES string of the molecule is CCOC(=O)C(C)(N)CCSC1CCOC1C. The molecule has 5 heteroatoms. The van der Waals surface area contributed by atoms with E-state index in [4.69, 9.17) is 15.2 Å². The van der Waals surface area contributed by atoms with Crippen LogP contribution in [0.25, 0.3) is 0 Å². The standard InChI is InChI=1S/C12H23NO3S/c1-4-15-11(14)12(3,13)6-8-17-10-5-7-16-9(10)2/h9-10H,4-8,13H2,1-3H3. The minimum Gasteiger partial charge on any atom is -0.465 e. The van der Waals surface area contributed by atoms with Crippen molar-refractivity contribution in [1.82, 2.24) is 0 Å². The molecular weight excluding hydrogens is 238 g/mol. The van der Waals surface area contributed by atoms with Gasteiger partial charge in [0.15, 0.2) is 0 Å². The first kappa shape index (κ1) is 14.8. The molecule has 1 saturated heterocycles. The molecule has 0 aromatic carbocycles. The van der Waals surface area contributed by atoms with Crippen LogP contribution in [0, 0.1) is 0 Å². The summed E-state index contributed by atoms with van der Waals surface area (Å²) in [4.78, 5) is 11.6. The van der Waals surface area contributed by atoms with Gasteiger partial charge < -0.3 is 15.2 Å². The summed E-state index contributed by atoms with van der Waals surface area (Å²) >= 11 is 1.84. The van der Waals surface area contributed by atoms with Gasteiger partial charge in [-0.15, -0.1) is 0 Å². The third kappa shape index (κ3) is 4.48. The molecule has 1 aliphatic rings. The molecule has 0 aliphatic carbocycles. The van der Waals surface area contributed by atoms with E-state index in [0.717, 1.165) is 18.8 Å². The van der Waals surface area contributed by atoms with Crippen LogP contribution in [0.3, 0.4) is 0 Å². The summed E-state index contributed by atoms with van der Waals surface area (Å²) in [6.07, 6.45) is 2.04. The third-order valence-electron chi connectivity index (χ3n) is 3.00. The summed E-state index contributed by atoms with van der Waals surface area (Å²) in [6, 6.07) is 0. The number of esters is 1. The minimum absolute atomic E-state index is 0.309. The van der Waals surface area contributed by atoms with Crippen molar-refractivity contribution in [3.8, 4) is 0 Å². The molecular formula is C12H23NO3S. The van der Waals surface area contributed by atoms with Gasteiger partial charge in [0.05, 0.1) is 12.7 Å². The lowest BCUT2D eigenvalue weighted by Gasteiger charge is -2.23. The largest absolute Gasteiger partial charge is 0.465 e. The highest BCUT2D eigenvalue weighted by atomic mass is 32.2. The van der Waals surface area contributed by atoms with Crippen molar-refractivity contribution in [2.24, 2.45) is 5.73 Å². The second-order valence-electron chi connectivity index (χ2n) is 4.66. The highest BCUT2D eigenvalue weighted by molar-refractivity contribution is 7.99. The molecule has 0 radical (unpaired) electrons. The second-order valence-corrected chi connectivity index (χ2v) is 6.01. The Hall–Kier alpha value is -0.260. The molecule has 0 aromatic rings. The van der Waals surface area contributed by atoms with E-state index in [-0.39, 0.29) is 5.97 Å². The first-order chi connectivity index (χ1) is 7.97. The Morgan fingerprint density at radius 3 is 2.88 bits per heavy atom. The van der Waals surface area contributed by atoms with Crippen LogP contribution in [0.1, 0.15) is 33.6 Å². The Labute approximate surface area is 108 Å². The van der Waals surface area contributed by atoms with Crippen molar-refractivity contribution in [3.63, 3.8) is 0 Å². The minimum atomic E-state index is -0.869. The Bertz CT molecular complexity index is 258. The molecule has 4 nitrogen and oxygen atoms in total. The van der Waals surface area contributed by atoms with Crippen LogP contribution < -0.4 is 5.73 Å². The monoisotopic (exact) mass is 261 g/mol. The van der Waals surface area contributed by atoms with Crippen molar-refractivity contribution in [1.29, 1.82) is 0 Å². The summed E-state index contributed by atoms with van der Waals surface area (Å²) in [6.45, 7) is 6.85. The van der Waals surface area contributed by atoms with Gasteiger partial charge in [-0.1, -0.05) is 0 Å². The summed E-state index contributed by atoms with van der Waals surface area (Å²) in [5, 5.41) is 0.535. The average molecular weight is 261 g/mol.